The third-order valence-corrected chi connectivity index (χ3v) is 13.5. The largest absolute Gasteiger partial charge is 0.463 e. The minimum atomic E-state index is -1.23. The van der Waals surface area contributed by atoms with Gasteiger partial charge in [0.25, 0.3) is 0 Å². The summed E-state index contributed by atoms with van der Waals surface area (Å²) in [5.41, 5.74) is 1.97. The van der Waals surface area contributed by atoms with Crippen LogP contribution in [0, 0.1) is 46.3 Å². The lowest BCUT2D eigenvalue weighted by Gasteiger charge is -2.58. The first-order valence-corrected chi connectivity index (χ1v) is 19.7. The van der Waals surface area contributed by atoms with Crippen LogP contribution in [0.2, 0.25) is 0 Å². The van der Waals surface area contributed by atoms with Gasteiger partial charge in [-0.3, -0.25) is 19.2 Å². The SMILES string of the molecule is CC(=O)OC[C@H]1O[C@@H](OC2CC[C@@]3(C)C(=CCC4C3CC[C@@]3(C)C4CC[C@@H]3[C@H](C)CCCC(C)C)C2)[C@H](OC(C)=O)[C@@H](OC(C)=O)[C@@H]1OC(C)=O. The molecular weight excluding hydrogens is 652 g/mol. The normalized spacial score (nSPS) is 39.5. The van der Waals surface area contributed by atoms with E-state index in [2.05, 4.69) is 40.7 Å². The Hall–Kier alpha value is -2.46. The molecule has 1 saturated heterocycles. The minimum absolute atomic E-state index is 0.104. The zero-order chi connectivity index (χ0) is 37.2. The van der Waals surface area contributed by atoms with E-state index in [1.165, 1.54) is 78.2 Å². The fourth-order valence-electron chi connectivity index (χ4n) is 11.3. The lowest BCUT2D eigenvalue weighted by molar-refractivity contribution is -0.318. The van der Waals surface area contributed by atoms with Crippen LogP contribution in [0.3, 0.4) is 0 Å². The smallest absolute Gasteiger partial charge is 0.303 e. The Labute approximate surface area is 305 Å². The molecule has 0 aromatic carbocycles. The fourth-order valence-corrected chi connectivity index (χ4v) is 11.3. The number of hydrogen-bond acceptors (Lipinski definition) is 10. The molecule has 0 amide bonds. The van der Waals surface area contributed by atoms with Gasteiger partial charge >= 0.3 is 23.9 Å². The van der Waals surface area contributed by atoms with Crippen LogP contribution in [-0.2, 0) is 47.6 Å². The lowest BCUT2D eigenvalue weighted by Crippen LogP contribution is -2.63. The molecule has 4 unspecified atom stereocenters. The van der Waals surface area contributed by atoms with Gasteiger partial charge in [0.1, 0.15) is 12.7 Å². The Morgan fingerprint density at radius 1 is 0.804 bits per heavy atom. The number of rotatable bonds is 12. The molecule has 0 radical (unpaired) electrons. The molecule has 288 valence electrons. The summed E-state index contributed by atoms with van der Waals surface area (Å²) in [7, 11) is 0. The summed E-state index contributed by atoms with van der Waals surface area (Å²) in [6.45, 7) is 17.0. The Balaban J connectivity index is 1.32. The number of fused-ring (bicyclic) bond motifs is 5. The van der Waals surface area contributed by atoms with Gasteiger partial charge in [0.05, 0.1) is 6.10 Å². The van der Waals surface area contributed by atoms with E-state index in [9.17, 15) is 19.2 Å². The molecule has 4 aliphatic carbocycles. The van der Waals surface area contributed by atoms with Crippen molar-refractivity contribution in [2.75, 3.05) is 6.61 Å². The molecule has 1 aliphatic heterocycles. The summed E-state index contributed by atoms with van der Waals surface area (Å²) in [5, 5.41) is 0. The highest BCUT2D eigenvalue weighted by molar-refractivity contribution is 5.68. The van der Waals surface area contributed by atoms with Gasteiger partial charge in [0, 0.05) is 27.7 Å². The zero-order valence-electron chi connectivity index (χ0n) is 32.6. The average Bonchev–Trinajstić information content (AvgIpc) is 3.39. The number of ether oxygens (including phenoxy) is 6. The van der Waals surface area contributed by atoms with E-state index in [0.717, 1.165) is 49.4 Å². The average molecular weight is 717 g/mol. The molecule has 0 bridgehead atoms. The second-order valence-electron chi connectivity index (χ2n) is 17.4. The van der Waals surface area contributed by atoms with Crippen molar-refractivity contribution in [2.24, 2.45) is 46.3 Å². The highest BCUT2D eigenvalue weighted by atomic mass is 16.7. The fraction of sp³-hybridized carbons (Fsp3) is 0.854. The highest BCUT2D eigenvalue weighted by Crippen LogP contribution is 2.67. The number of allylic oxidation sites excluding steroid dienone is 1. The molecule has 5 aliphatic rings. The van der Waals surface area contributed by atoms with Crippen LogP contribution >= 0.6 is 0 Å². The van der Waals surface area contributed by atoms with Crippen molar-refractivity contribution in [3.05, 3.63) is 11.6 Å². The van der Waals surface area contributed by atoms with Crippen molar-refractivity contribution in [3.63, 3.8) is 0 Å². The first-order valence-electron chi connectivity index (χ1n) is 19.7. The summed E-state index contributed by atoms with van der Waals surface area (Å²) in [5.74, 6) is 2.01. The number of carbonyl (C=O) groups excluding carboxylic acids is 4. The van der Waals surface area contributed by atoms with Gasteiger partial charge in [-0.1, -0.05) is 65.5 Å². The van der Waals surface area contributed by atoms with Crippen LogP contribution in [-0.4, -0.2) is 67.3 Å². The molecule has 10 nitrogen and oxygen atoms in total. The second kappa shape index (κ2) is 16.3. The van der Waals surface area contributed by atoms with E-state index < -0.39 is 54.6 Å². The first kappa shape index (κ1) is 39.7. The van der Waals surface area contributed by atoms with Gasteiger partial charge in [-0.2, -0.15) is 0 Å². The monoisotopic (exact) mass is 716 g/mol. The molecule has 13 atom stereocenters. The Bertz CT molecular complexity index is 1310. The molecule has 51 heavy (non-hydrogen) atoms. The third kappa shape index (κ3) is 8.69. The Morgan fingerprint density at radius 3 is 2.12 bits per heavy atom. The summed E-state index contributed by atoms with van der Waals surface area (Å²) >= 11 is 0. The van der Waals surface area contributed by atoms with Gasteiger partial charge < -0.3 is 28.4 Å². The van der Waals surface area contributed by atoms with Gasteiger partial charge in [-0.05, 0) is 97.7 Å². The van der Waals surface area contributed by atoms with Gasteiger partial charge in [0.2, 0.25) is 0 Å². The highest BCUT2D eigenvalue weighted by Gasteiger charge is 2.60. The number of carbonyl (C=O) groups is 4. The number of hydrogen-bond donors (Lipinski definition) is 0. The van der Waals surface area contributed by atoms with Crippen molar-refractivity contribution in [1.29, 1.82) is 0 Å². The number of esters is 4. The maximum atomic E-state index is 12.3. The van der Waals surface area contributed by atoms with Crippen LogP contribution in [0.1, 0.15) is 133 Å². The van der Waals surface area contributed by atoms with Gasteiger partial charge in [0.15, 0.2) is 24.6 Å². The quantitative estimate of drug-likeness (QED) is 0.114. The van der Waals surface area contributed by atoms with E-state index in [4.69, 9.17) is 28.4 Å². The van der Waals surface area contributed by atoms with Crippen LogP contribution in [0.5, 0.6) is 0 Å². The zero-order valence-corrected chi connectivity index (χ0v) is 32.6. The van der Waals surface area contributed by atoms with E-state index in [1.807, 2.05) is 0 Å². The predicted octanol–water partition coefficient (Wildman–Crippen LogP) is 7.50. The van der Waals surface area contributed by atoms with E-state index in [1.54, 1.807) is 0 Å². The lowest BCUT2D eigenvalue weighted by atomic mass is 9.47. The summed E-state index contributed by atoms with van der Waals surface area (Å²) in [6, 6.07) is 0. The van der Waals surface area contributed by atoms with Crippen LogP contribution in [0.4, 0.5) is 0 Å². The standard InChI is InChI=1S/C41H64O10/c1-23(2)11-10-12-24(3)32-15-16-33-31-14-13-29-21-30(17-19-40(29,8)34(31)18-20-41(32,33)9)50-39-38(49-28(7)45)37(48-27(6)44)36(47-26(5)43)35(51-39)22-46-25(4)42/h13,23-24,30-39H,10-12,14-22H2,1-9H3/t24-,30?,31?,32-,33?,34?,35-,36-,37+,38-,39-,40+,41-/m1/s1. The van der Waals surface area contributed by atoms with Crippen LogP contribution in [0.15, 0.2) is 11.6 Å². The molecule has 3 saturated carbocycles. The topological polar surface area (TPSA) is 124 Å². The molecule has 0 aromatic rings. The maximum Gasteiger partial charge on any atom is 0.303 e. The summed E-state index contributed by atoms with van der Waals surface area (Å²) in [4.78, 5) is 48.5. The van der Waals surface area contributed by atoms with Crippen molar-refractivity contribution in [3.8, 4) is 0 Å². The summed E-state index contributed by atoms with van der Waals surface area (Å²) < 4.78 is 35.0. The molecule has 0 spiro atoms. The molecule has 1 heterocycles. The van der Waals surface area contributed by atoms with E-state index >= 15 is 0 Å². The van der Waals surface area contributed by atoms with Gasteiger partial charge in [-0.25, -0.2) is 0 Å². The Kier molecular flexibility index (Phi) is 12.7. The molecule has 0 aromatic heterocycles. The Morgan fingerprint density at radius 2 is 1.47 bits per heavy atom. The predicted molar refractivity (Wildman–Crippen MR) is 190 cm³/mol. The second-order valence-corrected chi connectivity index (χ2v) is 17.4. The molecule has 0 N–H and O–H groups in total. The van der Waals surface area contributed by atoms with Crippen LogP contribution < -0.4 is 0 Å². The third-order valence-electron chi connectivity index (χ3n) is 13.5. The van der Waals surface area contributed by atoms with Crippen molar-refractivity contribution >= 4 is 23.9 Å². The molecule has 10 heteroatoms. The minimum Gasteiger partial charge on any atom is -0.463 e. The van der Waals surface area contributed by atoms with Crippen LogP contribution in [0.25, 0.3) is 0 Å². The summed E-state index contributed by atoms with van der Waals surface area (Å²) in [6.07, 6.45) is 9.39. The molecule has 4 fully saturated rings. The van der Waals surface area contributed by atoms with E-state index in [-0.39, 0.29) is 18.1 Å². The van der Waals surface area contributed by atoms with Crippen molar-refractivity contribution < 1.29 is 47.6 Å². The van der Waals surface area contributed by atoms with Crippen molar-refractivity contribution in [1.82, 2.24) is 0 Å². The molecular formula is C41H64O10. The van der Waals surface area contributed by atoms with Gasteiger partial charge in [-0.15, -0.1) is 0 Å². The van der Waals surface area contributed by atoms with E-state index in [0.29, 0.717) is 17.3 Å². The van der Waals surface area contributed by atoms with Crippen molar-refractivity contribution in [2.45, 2.75) is 170 Å². The first-order chi connectivity index (χ1) is 24.0. The maximum absolute atomic E-state index is 12.3. The molecule has 5 rings (SSSR count).